The Morgan fingerprint density at radius 1 is 1.04 bits per heavy atom. The fraction of sp³-hybridized carbons (Fsp3) is 0.517. The second-order valence-electron chi connectivity index (χ2n) is 11.9. The molecule has 4 heterocycles. The zero-order valence-electron chi connectivity index (χ0n) is 24.8. The Kier molecular flexibility index (Phi) is 9.07. The smallest absolute Gasteiger partial charge is 0.224 e. The molecule has 16 heteroatoms. The van der Waals surface area contributed by atoms with Crippen LogP contribution in [-0.2, 0) is 4.74 Å². The number of nitrogens with two attached hydrogens (primary N) is 1. The Balaban J connectivity index is 0.000000160. The highest BCUT2D eigenvalue weighted by atomic mass is 35.5. The van der Waals surface area contributed by atoms with E-state index in [9.17, 15) is 20.4 Å². The Hall–Kier alpha value is -3.24. The predicted molar refractivity (Wildman–Crippen MR) is 171 cm³/mol. The Bertz CT molecular complexity index is 1710. The summed E-state index contributed by atoms with van der Waals surface area (Å²) in [7, 11) is 0. The van der Waals surface area contributed by atoms with Crippen LogP contribution in [0.3, 0.4) is 0 Å². The maximum Gasteiger partial charge on any atom is 0.224 e. The summed E-state index contributed by atoms with van der Waals surface area (Å²) >= 11 is 12.2. The van der Waals surface area contributed by atoms with Gasteiger partial charge < -0.3 is 46.1 Å². The number of nitrogens with one attached hydrogen (secondary N) is 2. The van der Waals surface area contributed by atoms with Crippen LogP contribution in [0, 0.1) is 5.92 Å². The van der Waals surface area contributed by atoms with Gasteiger partial charge in [-0.1, -0.05) is 35.4 Å². The molecule has 14 nitrogen and oxygen atoms in total. The Labute approximate surface area is 268 Å². The molecule has 1 aliphatic heterocycles. The van der Waals surface area contributed by atoms with E-state index in [4.69, 9.17) is 33.7 Å². The second kappa shape index (κ2) is 12.9. The average Bonchev–Trinajstić information content (AvgIpc) is 3.29. The lowest BCUT2D eigenvalue weighted by Crippen LogP contribution is -2.33. The van der Waals surface area contributed by atoms with Crippen molar-refractivity contribution >= 4 is 63.1 Å². The number of nitrogen functional groups attached to an aromatic ring is 1. The molecule has 8 N–H and O–H groups in total. The first-order chi connectivity index (χ1) is 21.6. The molecule has 0 radical (unpaired) electrons. The molecule has 2 aliphatic carbocycles. The van der Waals surface area contributed by atoms with E-state index in [-0.39, 0.29) is 30.6 Å². The summed E-state index contributed by atoms with van der Waals surface area (Å²) in [5.74, 6) is 1.64. The van der Waals surface area contributed by atoms with Gasteiger partial charge in [-0.2, -0.15) is 9.97 Å². The summed E-state index contributed by atoms with van der Waals surface area (Å²) in [6.07, 6.45) is 4.89. The highest BCUT2D eigenvalue weighted by molar-refractivity contribution is 6.42. The largest absolute Gasteiger partial charge is 0.396 e. The maximum atomic E-state index is 10.4. The molecule has 3 aliphatic rings. The number of anilines is 3. The molecule has 6 atom stereocenters. The van der Waals surface area contributed by atoms with E-state index < -0.39 is 31.1 Å². The number of imidazole rings is 2. The lowest BCUT2D eigenvalue weighted by atomic mass is 10.1. The number of hydrogen-bond donors (Lipinski definition) is 7. The molecule has 0 spiro atoms. The van der Waals surface area contributed by atoms with E-state index >= 15 is 0 Å². The number of aliphatic hydroxyl groups excluding tert-OH is 4. The summed E-state index contributed by atoms with van der Waals surface area (Å²) in [6.45, 7) is 3.66. The molecule has 1 aromatic carbocycles. The molecule has 0 unspecified atom stereocenters. The first-order valence-corrected chi connectivity index (χ1v) is 15.6. The average molecular weight is 663 g/mol. The quantitative estimate of drug-likeness (QED) is 0.136. The molecule has 4 aromatic rings. The number of allylic oxidation sites excluding steroid dienone is 1. The van der Waals surface area contributed by atoms with E-state index in [1.165, 1.54) is 0 Å². The number of aromatic nitrogens is 6. The van der Waals surface area contributed by atoms with Gasteiger partial charge in [-0.3, -0.25) is 4.57 Å². The second-order valence-corrected chi connectivity index (χ2v) is 12.7. The SMILES string of the molecule is CC(C)Nc1nc2cc(Cl)c(Cl)cc2n1[C@H]1O[C@@H](CO)[C@H](O)[C@@H]1O.Nc1nc(NC2CC2)c2ncn([C@H]3C=C[C@@H](CO)C3)c2n1. The molecule has 7 rings (SSSR count). The highest BCUT2D eigenvalue weighted by Crippen LogP contribution is 2.38. The van der Waals surface area contributed by atoms with Crippen LogP contribution < -0.4 is 16.4 Å². The lowest BCUT2D eigenvalue weighted by Gasteiger charge is -2.21. The number of halogens is 2. The van der Waals surface area contributed by atoms with Crippen LogP contribution in [0.5, 0.6) is 0 Å². The molecular weight excluding hydrogens is 625 g/mol. The molecule has 1 saturated heterocycles. The normalized spacial score (nSPS) is 26.2. The number of fused-ring (bicyclic) bond motifs is 2. The van der Waals surface area contributed by atoms with Crippen LogP contribution in [0.25, 0.3) is 22.2 Å². The van der Waals surface area contributed by atoms with Gasteiger partial charge in [0.05, 0.1) is 40.1 Å². The molecule has 3 aromatic heterocycles. The van der Waals surface area contributed by atoms with Gasteiger partial charge in [-0.25, -0.2) is 9.97 Å². The van der Waals surface area contributed by atoms with Gasteiger partial charge in [0, 0.05) is 24.6 Å². The topological polar surface area (TPSA) is 202 Å². The summed E-state index contributed by atoms with van der Waals surface area (Å²) < 4.78 is 9.27. The third-order valence-corrected chi connectivity index (χ3v) is 8.74. The van der Waals surface area contributed by atoms with Gasteiger partial charge in [0.2, 0.25) is 11.9 Å². The molecule has 242 valence electrons. The Morgan fingerprint density at radius 2 is 1.80 bits per heavy atom. The van der Waals surface area contributed by atoms with Crippen LogP contribution in [0.4, 0.5) is 17.7 Å². The minimum atomic E-state index is -1.22. The van der Waals surface area contributed by atoms with Gasteiger partial charge in [-0.15, -0.1) is 0 Å². The zero-order chi connectivity index (χ0) is 32.0. The van der Waals surface area contributed by atoms with E-state index in [0.29, 0.717) is 33.1 Å². The minimum absolute atomic E-state index is 0.0728. The van der Waals surface area contributed by atoms with Crippen LogP contribution in [0.1, 0.15) is 45.4 Å². The van der Waals surface area contributed by atoms with Gasteiger partial charge >= 0.3 is 0 Å². The monoisotopic (exact) mass is 661 g/mol. The molecule has 1 saturated carbocycles. The number of nitrogens with zero attached hydrogens (tertiary/aromatic N) is 6. The first-order valence-electron chi connectivity index (χ1n) is 14.9. The number of rotatable bonds is 8. The number of ether oxygens (including phenoxy) is 1. The van der Waals surface area contributed by atoms with Crippen molar-refractivity contribution in [3.8, 4) is 0 Å². The van der Waals surface area contributed by atoms with Gasteiger partial charge in [0.25, 0.3) is 0 Å². The van der Waals surface area contributed by atoms with E-state index in [1.807, 2.05) is 24.5 Å². The number of hydrogen-bond acceptors (Lipinski definition) is 12. The summed E-state index contributed by atoms with van der Waals surface area (Å²) in [5.41, 5.74) is 8.52. The van der Waals surface area contributed by atoms with Gasteiger partial charge in [-0.05, 0) is 45.2 Å². The summed E-state index contributed by atoms with van der Waals surface area (Å²) in [5, 5.41) is 46.2. The maximum absolute atomic E-state index is 10.4. The third kappa shape index (κ3) is 6.41. The van der Waals surface area contributed by atoms with E-state index in [1.54, 1.807) is 23.0 Å². The van der Waals surface area contributed by atoms with Crippen LogP contribution in [-0.4, -0.2) is 93.1 Å². The zero-order valence-corrected chi connectivity index (χ0v) is 26.3. The summed E-state index contributed by atoms with van der Waals surface area (Å²) in [6, 6.07) is 3.98. The van der Waals surface area contributed by atoms with Gasteiger partial charge in [0.1, 0.15) is 18.3 Å². The van der Waals surface area contributed by atoms with Gasteiger partial charge in [0.15, 0.2) is 23.2 Å². The van der Waals surface area contributed by atoms with Crippen molar-refractivity contribution in [1.29, 1.82) is 0 Å². The fourth-order valence-corrected chi connectivity index (χ4v) is 5.91. The van der Waals surface area contributed by atoms with E-state index in [0.717, 1.165) is 36.2 Å². The standard InChI is InChI=1S/C15H19Cl2N3O4.C14H18N6O/c1-6(2)18-15-19-9-3-7(16)8(17)4-10(9)20(15)14-13(23)12(22)11(5-21)24-14;15-14-18-12(17-9-2-3-9)11-13(19-14)20(7-16-11)10-4-1-8(5-10)6-21/h3-4,6,11-14,21-23H,5H2,1-2H3,(H,18,19);1,4,7-10,21H,2-3,5-6H2,(H3,15,17,18,19)/t11-,12-,13-,14-;8-,10+/m01/s1. The van der Waals surface area contributed by atoms with Crippen molar-refractivity contribution in [2.75, 3.05) is 29.6 Å². The van der Waals surface area contributed by atoms with Crippen LogP contribution >= 0.6 is 23.2 Å². The Morgan fingerprint density at radius 3 is 2.44 bits per heavy atom. The fourth-order valence-electron chi connectivity index (χ4n) is 5.59. The minimum Gasteiger partial charge on any atom is -0.396 e. The molecule has 45 heavy (non-hydrogen) atoms. The van der Waals surface area contributed by atoms with Crippen LogP contribution in [0.15, 0.2) is 30.6 Å². The molecule has 0 bridgehead atoms. The van der Waals surface area contributed by atoms with Crippen molar-refractivity contribution in [2.45, 2.75) is 75.8 Å². The molecule has 0 amide bonds. The van der Waals surface area contributed by atoms with E-state index in [2.05, 4.69) is 36.6 Å². The van der Waals surface area contributed by atoms with Crippen molar-refractivity contribution in [3.05, 3.63) is 40.7 Å². The lowest BCUT2D eigenvalue weighted by molar-refractivity contribution is -0.0499. The van der Waals surface area contributed by atoms with Crippen LogP contribution in [0.2, 0.25) is 10.0 Å². The number of aliphatic hydroxyl groups is 4. The van der Waals surface area contributed by atoms with Crippen molar-refractivity contribution in [3.63, 3.8) is 0 Å². The predicted octanol–water partition coefficient (Wildman–Crippen LogP) is 2.87. The third-order valence-electron chi connectivity index (χ3n) is 8.02. The highest BCUT2D eigenvalue weighted by Gasteiger charge is 2.44. The first kappa shape index (κ1) is 31.7. The molecular formula is C29H37Cl2N9O5. The van der Waals surface area contributed by atoms with Crippen molar-refractivity contribution < 1.29 is 25.2 Å². The molecule has 2 fully saturated rings. The number of benzene rings is 1. The van der Waals surface area contributed by atoms with Crippen molar-refractivity contribution in [2.24, 2.45) is 5.92 Å². The van der Waals surface area contributed by atoms with Crippen molar-refractivity contribution in [1.82, 2.24) is 29.1 Å². The summed E-state index contributed by atoms with van der Waals surface area (Å²) in [4.78, 5) is 17.6.